The molecule has 0 spiro atoms. The highest BCUT2D eigenvalue weighted by atomic mass is 35.5. The minimum atomic E-state index is -0.832. The molecule has 0 saturated carbocycles. The lowest BCUT2D eigenvalue weighted by molar-refractivity contribution is 0.0358. The molecule has 3 aromatic heterocycles. The third-order valence-corrected chi connectivity index (χ3v) is 7.45. The first-order chi connectivity index (χ1) is 19.6. The van der Waals surface area contributed by atoms with E-state index < -0.39 is 12.3 Å². The number of halogens is 2. The number of fused-ring (bicyclic) bond motifs is 1. The second-order valence-electron chi connectivity index (χ2n) is 9.96. The summed E-state index contributed by atoms with van der Waals surface area (Å²) in [5, 5.41) is 16.3. The molecule has 2 unspecified atom stereocenters. The standard InChI is InChI=1S/C30H31ClFN7O2/c1-6-41-27-21(13-22(31)16(2)24(27)19-10-11-23(34-14-19)30(40)38(4)5)17(3)39-29-25(28(33)35-15-36-29)26(37-39)18-8-7-9-20(32)12-18/h7-15,17,30,40H,6H2,1-5H3,(H2,33,35,36). The SMILES string of the molecule is CCOc1c(C(C)n2nc(-c3cccc(F)c3)c3c(N)ncnc32)cc(Cl)c(C)c1-c1ccc(C(O)N(C)C)nc1. The van der Waals surface area contributed by atoms with Gasteiger partial charge in [-0.15, -0.1) is 0 Å². The molecule has 3 heterocycles. The van der Waals surface area contributed by atoms with Crippen LogP contribution >= 0.6 is 11.6 Å². The van der Waals surface area contributed by atoms with Crippen LogP contribution in [0.25, 0.3) is 33.4 Å². The van der Waals surface area contributed by atoms with Gasteiger partial charge in [0, 0.05) is 33.5 Å². The first-order valence-electron chi connectivity index (χ1n) is 13.1. The van der Waals surface area contributed by atoms with E-state index in [1.807, 2.05) is 32.9 Å². The fraction of sp³-hybridized carbons (Fsp3) is 0.267. The first kappa shape index (κ1) is 28.4. The third kappa shape index (κ3) is 5.21. The van der Waals surface area contributed by atoms with Crippen LogP contribution in [-0.4, -0.2) is 55.4 Å². The van der Waals surface area contributed by atoms with E-state index in [4.69, 9.17) is 27.2 Å². The second-order valence-corrected chi connectivity index (χ2v) is 10.4. The number of aliphatic hydroxyl groups is 1. The molecule has 0 radical (unpaired) electrons. The van der Waals surface area contributed by atoms with Gasteiger partial charge in [0.15, 0.2) is 5.65 Å². The maximum Gasteiger partial charge on any atom is 0.164 e. The van der Waals surface area contributed by atoms with Crippen molar-refractivity contribution in [2.75, 3.05) is 26.4 Å². The number of ether oxygens (including phenoxy) is 1. The van der Waals surface area contributed by atoms with E-state index in [-0.39, 0.29) is 11.6 Å². The van der Waals surface area contributed by atoms with Crippen molar-refractivity contribution in [2.45, 2.75) is 33.0 Å². The molecule has 5 aromatic rings. The average molecular weight is 576 g/mol. The Balaban J connectivity index is 1.70. The van der Waals surface area contributed by atoms with E-state index in [9.17, 15) is 9.50 Å². The molecule has 9 nitrogen and oxygen atoms in total. The second kappa shape index (κ2) is 11.4. The summed E-state index contributed by atoms with van der Waals surface area (Å²) >= 11 is 6.82. The zero-order valence-electron chi connectivity index (χ0n) is 23.4. The summed E-state index contributed by atoms with van der Waals surface area (Å²) in [7, 11) is 3.55. The van der Waals surface area contributed by atoms with Crippen molar-refractivity contribution in [1.82, 2.24) is 29.6 Å². The van der Waals surface area contributed by atoms with Gasteiger partial charge in [-0.1, -0.05) is 29.8 Å². The van der Waals surface area contributed by atoms with E-state index in [0.29, 0.717) is 45.4 Å². The summed E-state index contributed by atoms with van der Waals surface area (Å²) < 4.78 is 22.2. The lowest BCUT2D eigenvalue weighted by Gasteiger charge is -2.23. The Labute approximate surface area is 242 Å². The Morgan fingerprint density at radius 1 is 1.12 bits per heavy atom. The molecule has 0 aliphatic heterocycles. The molecular weight excluding hydrogens is 545 g/mol. The topological polar surface area (TPSA) is 115 Å². The maximum absolute atomic E-state index is 14.2. The highest BCUT2D eigenvalue weighted by Gasteiger charge is 2.27. The monoisotopic (exact) mass is 575 g/mol. The number of hydrogen-bond acceptors (Lipinski definition) is 8. The molecule has 11 heteroatoms. The number of pyridine rings is 1. The van der Waals surface area contributed by atoms with Gasteiger partial charge < -0.3 is 15.6 Å². The largest absolute Gasteiger partial charge is 0.493 e. The van der Waals surface area contributed by atoms with Crippen LogP contribution in [0.2, 0.25) is 5.02 Å². The molecule has 0 fully saturated rings. The van der Waals surface area contributed by atoms with E-state index in [2.05, 4.69) is 15.0 Å². The molecular formula is C30H31ClFN7O2. The van der Waals surface area contributed by atoms with E-state index in [1.54, 1.807) is 48.1 Å². The number of aromatic nitrogens is 5. The van der Waals surface area contributed by atoms with Crippen molar-refractivity contribution in [3.8, 4) is 28.1 Å². The van der Waals surface area contributed by atoms with Crippen LogP contribution in [0.4, 0.5) is 10.2 Å². The summed E-state index contributed by atoms with van der Waals surface area (Å²) in [6.07, 6.45) is 2.25. The predicted molar refractivity (Wildman–Crippen MR) is 158 cm³/mol. The van der Waals surface area contributed by atoms with E-state index in [1.165, 1.54) is 18.5 Å². The van der Waals surface area contributed by atoms with Gasteiger partial charge in [0.2, 0.25) is 0 Å². The fourth-order valence-corrected chi connectivity index (χ4v) is 5.12. The minimum Gasteiger partial charge on any atom is -0.493 e. The van der Waals surface area contributed by atoms with Crippen LogP contribution in [0.15, 0.2) is 55.0 Å². The minimum absolute atomic E-state index is 0.242. The zero-order chi connectivity index (χ0) is 29.4. The maximum atomic E-state index is 14.2. The Hall–Kier alpha value is -4.12. The molecule has 3 N–H and O–H groups in total. The quantitative estimate of drug-likeness (QED) is 0.223. The highest BCUT2D eigenvalue weighted by molar-refractivity contribution is 6.32. The van der Waals surface area contributed by atoms with E-state index in [0.717, 1.165) is 22.3 Å². The number of nitrogen functional groups attached to an aromatic ring is 1. The third-order valence-electron chi connectivity index (χ3n) is 7.06. The number of benzene rings is 2. The van der Waals surface area contributed by atoms with Gasteiger partial charge in [0.05, 0.1) is 23.7 Å². The molecule has 0 aliphatic rings. The predicted octanol–water partition coefficient (Wildman–Crippen LogP) is 5.80. The van der Waals surface area contributed by atoms with Crippen molar-refractivity contribution < 1.29 is 14.2 Å². The van der Waals surface area contributed by atoms with Gasteiger partial charge in [0.1, 0.15) is 35.6 Å². The van der Waals surface area contributed by atoms with Crippen LogP contribution in [0.1, 0.15) is 42.9 Å². The molecule has 41 heavy (non-hydrogen) atoms. The van der Waals surface area contributed by atoms with Crippen LogP contribution < -0.4 is 10.5 Å². The molecule has 5 rings (SSSR count). The number of aliphatic hydroxyl groups excluding tert-OH is 1. The van der Waals surface area contributed by atoms with Crippen molar-refractivity contribution >= 4 is 28.5 Å². The summed E-state index contributed by atoms with van der Waals surface area (Å²) in [5.74, 6) is 0.481. The lowest BCUT2D eigenvalue weighted by Crippen LogP contribution is -2.20. The number of anilines is 1. The van der Waals surface area contributed by atoms with Crippen molar-refractivity contribution in [1.29, 1.82) is 0 Å². The van der Waals surface area contributed by atoms with Crippen molar-refractivity contribution in [3.63, 3.8) is 0 Å². The zero-order valence-corrected chi connectivity index (χ0v) is 24.2. The molecule has 2 aromatic carbocycles. The van der Waals surface area contributed by atoms with Gasteiger partial charge in [-0.2, -0.15) is 5.10 Å². The Kier molecular flexibility index (Phi) is 7.90. The normalized spacial score (nSPS) is 13.1. The van der Waals surface area contributed by atoms with Crippen LogP contribution in [0.3, 0.4) is 0 Å². The summed E-state index contributed by atoms with van der Waals surface area (Å²) in [6.45, 7) is 6.21. The van der Waals surface area contributed by atoms with Gasteiger partial charge in [-0.3, -0.25) is 9.88 Å². The average Bonchev–Trinajstić information content (AvgIpc) is 3.35. The Morgan fingerprint density at radius 2 is 1.90 bits per heavy atom. The van der Waals surface area contributed by atoms with Crippen molar-refractivity contribution in [2.24, 2.45) is 0 Å². The fourth-order valence-electron chi connectivity index (χ4n) is 4.91. The number of nitrogens with two attached hydrogens (primary N) is 1. The lowest BCUT2D eigenvalue weighted by atomic mass is 9.94. The number of nitrogens with zero attached hydrogens (tertiary/aromatic N) is 6. The molecule has 0 amide bonds. The highest BCUT2D eigenvalue weighted by Crippen LogP contribution is 2.44. The van der Waals surface area contributed by atoms with Gasteiger partial charge in [0.25, 0.3) is 0 Å². The molecule has 212 valence electrons. The van der Waals surface area contributed by atoms with Gasteiger partial charge >= 0.3 is 0 Å². The molecule has 0 saturated heterocycles. The Bertz CT molecular complexity index is 1720. The molecule has 0 bridgehead atoms. The summed E-state index contributed by atoms with van der Waals surface area (Å²) in [5.41, 5.74) is 11.5. The van der Waals surface area contributed by atoms with Crippen LogP contribution in [-0.2, 0) is 0 Å². The smallest absolute Gasteiger partial charge is 0.164 e. The van der Waals surface area contributed by atoms with E-state index >= 15 is 0 Å². The summed E-state index contributed by atoms with van der Waals surface area (Å²) in [4.78, 5) is 14.8. The first-order valence-corrected chi connectivity index (χ1v) is 13.5. The Morgan fingerprint density at radius 3 is 2.56 bits per heavy atom. The van der Waals surface area contributed by atoms with Gasteiger partial charge in [-0.25, -0.2) is 19.0 Å². The number of hydrogen-bond donors (Lipinski definition) is 2. The molecule has 2 atom stereocenters. The number of rotatable bonds is 8. The summed E-state index contributed by atoms with van der Waals surface area (Å²) in [6, 6.07) is 11.3. The van der Waals surface area contributed by atoms with Gasteiger partial charge in [-0.05, 0) is 64.7 Å². The molecule has 0 aliphatic carbocycles. The van der Waals surface area contributed by atoms with Crippen LogP contribution in [0, 0.1) is 12.7 Å². The van der Waals surface area contributed by atoms with Crippen molar-refractivity contribution in [3.05, 3.63) is 82.6 Å². The van der Waals surface area contributed by atoms with Crippen LogP contribution in [0.5, 0.6) is 5.75 Å².